The second-order valence-corrected chi connectivity index (χ2v) is 5.12. The van der Waals surface area contributed by atoms with Gasteiger partial charge in [-0.3, -0.25) is 4.79 Å². The third-order valence-electron chi connectivity index (χ3n) is 2.99. The predicted octanol–water partition coefficient (Wildman–Crippen LogP) is 3.59. The molecule has 0 saturated carbocycles. The monoisotopic (exact) mass is 328 g/mol. The van der Waals surface area contributed by atoms with Gasteiger partial charge in [-0.2, -0.15) is 0 Å². The maximum Gasteiger partial charge on any atom is 0.275 e. The fraction of sp³-hybridized carbons (Fsp3) is 0.0625. The molecule has 0 aliphatic carbocycles. The highest BCUT2D eigenvalue weighted by atomic mass is 35.5. The summed E-state index contributed by atoms with van der Waals surface area (Å²) in [7, 11) is 0. The van der Waals surface area contributed by atoms with E-state index in [1.54, 1.807) is 30.5 Å². The average Bonchev–Trinajstić information content (AvgIpc) is 3.07. The van der Waals surface area contributed by atoms with Crippen LogP contribution in [0.1, 0.15) is 16.2 Å². The number of nitrogens with one attached hydrogen (secondary N) is 2. The predicted molar refractivity (Wildman–Crippen MR) is 87.5 cm³/mol. The van der Waals surface area contributed by atoms with Crippen LogP contribution in [0.4, 0.5) is 11.5 Å². The molecule has 23 heavy (non-hydrogen) atoms. The lowest BCUT2D eigenvalue weighted by molar-refractivity contribution is 0.102. The third kappa shape index (κ3) is 4.08. The minimum atomic E-state index is -0.350. The fourth-order valence-corrected chi connectivity index (χ4v) is 2.08. The van der Waals surface area contributed by atoms with Crippen LogP contribution >= 0.6 is 11.6 Å². The normalized spacial score (nSPS) is 10.3. The Morgan fingerprint density at radius 1 is 1.17 bits per heavy atom. The second-order valence-electron chi connectivity index (χ2n) is 4.68. The van der Waals surface area contributed by atoms with E-state index in [4.69, 9.17) is 16.0 Å². The Hall–Kier alpha value is -2.86. The Kier molecular flexibility index (Phi) is 4.54. The molecule has 2 aromatic heterocycles. The number of benzene rings is 1. The van der Waals surface area contributed by atoms with Crippen LogP contribution in [0.15, 0.2) is 59.5 Å². The highest BCUT2D eigenvalue weighted by molar-refractivity contribution is 6.30. The maximum absolute atomic E-state index is 12.1. The largest absolute Gasteiger partial charge is 0.467 e. The fourth-order valence-electron chi connectivity index (χ4n) is 1.89. The summed E-state index contributed by atoms with van der Waals surface area (Å²) in [6, 6.07) is 10.6. The summed E-state index contributed by atoms with van der Waals surface area (Å²) in [5, 5.41) is 6.31. The van der Waals surface area contributed by atoms with Crippen molar-refractivity contribution in [1.29, 1.82) is 0 Å². The van der Waals surface area contributed by atoms with Gasteiger partial charge in [0.15, 0.2) is 0 Å². The van der Waals surface area contributed by atoms with E-state index in [1.165, 1.54) is 12.4 Å². The van der Waals surface area contributed by atoms with Crippen molar-refractivity contribution >= 4 is 29.0 Å². The molecule has 0 saturated heterocycles. The van der Waals surface area contributed by atoms with E-state index in [9.17, 15) is 4.79 Å². The van der Waals surface area contributed by atoms with Crippen molar-refractivity contribution in [3.63, 3.8) is 0 Å². The lowest BCUT2D eigenvalue weighted by Gasteiger charge is -2.06. The molecular weight excluding hydrogens is 316 g/mol. The van der Waals surface area contributed by atoms with Crippen molar-refractivity contribution < 1.29 is 9.21 Å². The van der Waals surface area contributed by atoms with Gasteiger partial charge in [-0.15, -0.1) is 0 Å². The van der Waals surface area contributed by atoms with Gasteiger partial charge in [0.25, 0.3) is 5.91 Å². The first-order chi connectivity index (χ1) is 11.2. The van der Waals surface area contributed by atoms with Crippen molar-refractivity contribution in [2.75, 3.05) is 10.6 Å². The Morgan fingerprint density at radius 3 is 2.78 bits per heavy atom. The molecule has 1 amide bonds. The summed E-state index contributed by atoms with van der Waals surface area (Å²) >= 11 is 5.88. The standard InChI is InChI=1S/C16H13ClN4O2/c17-11-3-1-4-12(7-11)21-16(22)14-9-20-15(10-18-14)19-8-13-5-2-6-23-13/h1-7,9-10H,8H2,(H,19,20)(H,21,22). The highest BCUT2D eigenvalue weighted by Crippen LogP contribution is 2.15. The van der Waals surface area contributed by atoms with Gasteiger partial charge in [0.05, 0.1) is 25.2 Å². The number of amides is 1. The van der Waals surface area contributed by atoms with Gasteiger partial charge in [-0.1, -0.05) is 17.7 Å². The van der Waals surface area contributed by atoms with E-state index in [0.717, 1.165) is 5.76 Å². The van der Waals surface area contributed by atoms with Crippen molar-refractivity contribution in [2.45, 2.75) is 6.54 Å². The number of carbonyl (C=O) groups excluding carboxylic acids is 1. The Morgan fingerprint density at radius 2 is 2.09 bits per heavy atom. The van der Waals surface area contributed by atoms with Crippen molar-refractivity contribution in [3.05, 3.63) is 71.5 Å². The molecule has 0 unspecified atom stereocenters. The molecule has 0 spiro atoms. The lowest BCUT2D eigenvalue weighted by Crippen LogP contribution is -2.14. The van der Waals surface area contributed by atoms with Crippen LogP contribution < -0.4 is 10.6 Å². The van der Waals surface area contributed by atoms with E-state index in [2.05, 4.69) is 20.6 Å². The van der Waals surface area contributed by atoms with Gasteiger partial charge < -0.3 is 15.1 Å². The van der Waals surface area contributed by atoms with Crippen LogP contribution in [0.3, 0.4) is 0 Å². The van der Waals surface area contributed by atoms with E-state index in [-0.39, 0.29) is 11.6 Å². The number of halogens is 1. The molecule has 0 atom stereocenters. The molecule has 7 heteroatoms. The van der Waals surface area contributed by atoms with Crippen LogP contribution in [-0.4, -0.2) is 15.9 Å². The Balaban J connectivity index is 1.61. The van der Waals surface area contributed by atoms with E-state index in [0.29, 0.717) is 23.1 Å². The zero-order valence-electron chi connectivity index (χ0n) is 12.0. The molecule has 3 aromatic rings. The van der Waals surface area contributed by atoms with Crippen LogP contribution in [0.2, 0.25) is 5.02 Å². The molecule has 6 nitrogen and oxygen atoms in total. The number of furan rings is 1. The molecule has 116 valence electrons. The number of hydrogen-bond donors (Lipinski definition) is 2. The second kappa shape index (κ2) is 6.93. The smallest absolute Gasteiger partial charge is 0.275 e. The minimum absolute atomic E-state index is 0.216. The zero-order valence-corrected chi connectivity index (χ0v) is 12.7. The molecule has 0 bridgehead atoms. The Labute approximate surface area is 137 Å². The number of aromatic nitrogens is 2. The SMILES string of the molecule is O=C(Nc1cccc(Cl)c1)c1cnc(NCc2ccco2)cn1. The van der Waals surface area contributed by atoms with Crippen LogP contribution in [0.5, 0.6) is 0 Å². The van der Waals surface area contributed by atoms with Gasteiger partial charge in [-0.05, 0) is 30.3 Å². The molecule has 1 aromatic carbocycles. The quantitative estimate of drug-likeness (QED) is 0.748. The summed E-state index contributed by atoms with van der Waals surface area (Å²) in [6.07, 6.45) is 4.51. The first-order valence-electron chi connectivity index (χ1n) is 6.86. The van der Waals surface area contributed by atoms with Crippen molar-refractivity contribution in [2.24, 2.45) is 0 Å². The van der Waals surface area contributed by atoms with E-state index < -0.39 is 0 Å². The molecule has 3 rings (SSSR count). The van der Waals surface area contributed by atoms with Gasteiger partial charge >= 0.3 is 0 Å². The first-order valence-corrected chi connectivity index (χ1v) is 7.24. The number of hydrogen-bond acceptors (Lipinski definition) is 5. The molecule has 0 aliphatic rings. The molecular formula is C16H13ClN4O2. The minimum Gasteiger partial charge on any atom is -0.467 e. The Bertz CT molecular complexity index is 788. The molecule has 2 heterocycles. The summed E-state index contributed by atoms with van der Waals surface area (Å²) in [4.78, 5) is 20.3. The summed E-state index contributed by atoms with van der Waals surface area (Å²) < 4.78 is 5.21. The van der Waals surface area contributed by atoms with Gasteiger partial charge in [0.1, 0.15) is 17.3 Å². The van der Waals surface area contributed by atoms with E-state index in [1.807, 2.05) is 12.1 Å². The summed E-state index contributed by atoms with van der Waals surface area (Å²) in [5.41, 5.74) is 0.817. The van der Waals surface area contributed by atoms with Gasteiger partial charge in [0.2, 0.25) is 0 Å². The van der Waals surface area contributed by atoms with Crippen LogP contribution in [-0.2, 0) is 6.54 Å². The number of rotatable bonds is 5. The lowest BCUT2D eigenvalue weighted by atomic mass is 10.3. The van der Waals surface area contributed by atoms with Crippen molar-refractivity contribution in [3.8, 4) is 0 Å². The molecule has 2 N–H and O–H groups in total. The average molecular weight is 329 g/mol. The highest BCUT2D eigenvalue weighted by Gasteiger charge is 2.09. The maximum atomic E-state index is 12.1. The summed E-state index contributed by atoms with van der Waals surface area (Å²) in [5.74, 6) is 0.993. The topological polar surface area (TPSA) is 80.0 Å². The van der Waals surface area contributed by atoms with Crippen LogP contribution in [0.25, 0.3) is 0 Å². The van der Waals surface area contributed by atoms with Crippen LogP contribution in [0, 0.1) is 0 Å². The molecule has 0 fully saturated rings. The number of anilines is 2. The summed E-state index contributed by atoms with van der Waals surface area (Å²) in [6.45, 7) is 0.496. The third-order valence-corrected chi connectivity index (χ3v) is 3.23. The van der Waals surface area contributed by atoms with Crippen molar-refractivity contribution in [1.82, 2.24) is 9.97 Å². The van der Waals surface area contributed by atoms with Gasteiger partial charge in [0, 0.05) is 10.7 Å². The molecule has 0 aliphatic heterocycles. The first kappa shape index (κ1) is 15.1. The number of carbonyl (C=O) groups is 1. The molecule has 0 radical (unpaired) electrons. The zero-order chi connectivity index (χ0) is 16.1. The van der Waals surface area contributed by atoms with Gasteiger partial charge in [-0.25, -0.2) is 9.97 Å². The van der Waals surface area contributed by atoms with E-state index >= 15 is 0 Å². The number of nitrogens with zero attached hydrogens (tertiary/aromatic N) is 2.